The number of nitrogens with one attached hydrogen (secondary N) is 1. The first kappa shape index (κ1) is 18.5. The average molecular weight is 332 g/mol. The summed E-state index contributed by atoms with van der Waals surface area (Å²) in [7, 11) is -3.26. The van der Waals surface area contributed by atoms with Crippen molar-refractivity contribution < 1.29 is 13.0 Å². The molecule has 4 nitrogen and oxygen atoms in total. The van der Waals surface area contributed by atoms with Gasteiger partial charge < -0.3 is 4.55 Å². The van der Waals surface area contributed by atoms with Gasteiger partial charge in [-0.15, -0.1) is 4.72 Å². The van der Waals surface area contributed by atoms with E-state index >= 15 is 0 Å². The van der Waals surface area contributed by atoms with E-state index in [-0.39, 0.29) is 10.8 Å². The van der Waals surface area contributed by atoms with Crippen molar-refractivity contribution in [2.75, 3.05) is 6.26 Å². The third kappa shape index (κ3) is 4.71. The van der Waals surface area contributed by atoms with Crippen LogP contribution in [0.25, 0.3) is 0 Å². The monoisotopic (exact) mass is 331 g/mol. The first-order valence-electron chi connectivity index (χ1n) is 6.96. The lowest BCUT2D eigenvalue weighted by Gasteiger charge is -2.28. The summed E-state index contributed by atoms with van der Waals surface area (Å²) in [4.78, 5) is 0.335. The van der Waals surface area contributed by atoms with Crippen LogP contribution in [-0.4, -0.2) is 24.0 Å². The van der Waals surface area contributed by atoms with Crippen LogP contribution in [-0.2, 0) is 21.2 Å². The minimum atomic E-state index is -3.26. The van der Waals surface area contributed by atoms with Crippen molar-refractivity contribution in [3.8, 4) is 0 Å². The highest BCUT2D eigenvalue weighted by Gasteiger charge is 2.30. The maximum atomic E-state index is 12.3. The minimum absolute atomic E-state index is 0.133. The van der Waals surface area contributed by atoms with E-state index < -0.39 is 21.2 Å². The average Bonchev–Trinajstić information content (AvgIpc) is 2.33. The predicted molar refractivity (Wildman–Crippen MR) is 88.4 cm³/mol. The third-order valence-electron chi connectivity index (χ3n) is 3.31. The van der Waals surface area contributed by atoms with Gasteiger partial charge in [-0.2, -0.15) is 0 Å². The van der Waals surface area contributed by atoms with E-state index in [2.05, 4.69) is 4.72 Å². The summed E-state index contributed by atoms with van der Waals surface area (Å²) in [6, 6.07) is 5.11. The summed E-state index contributed by atoms with van der Waals surface area (Å²) in [5.41, 5.74) is 1.61. The summed E-state index contributed by atoms with van der Waals surface area (Å²) in [6.45, 7) is 9.51. The lowest BCUT2D eigenvalue weighted by molar-refractivity contribution is 0.517. The Hall–Kier alpha value is -0.560. The van der Waals surface area contributed by atoms with Gasteiger partial charge in [0.05, 0.1) is 10.9 Å². The highest BCUT2D eigenvalue weighted by atomic mass is 32.2. The van der Waals surface area contributed by atoms with Crippen LogP contribution in [0.3, 0.4) is 0 Å². The van der Waals surface area contributed by atoms with Gasteiger partial charge in [-0.1, -0.05) is 19.1 Å². The van der Waals surface area contributed by atoms with Crippen molar-refractivity contribution in [1.82, 2.24) is 4.72 Å². The molecule has 0 aliphatic heterocycles. The highest BCUT2D eigenvalue weighted by molar-refractivity contribution is 7.91. The SMILES string of the molecule is CC[C@@H](N[S+]([O-])C(C)(C)C)c1cccc(S(C)(=O)=O)c1C. The van der Waals surface area contributed by atoms with Crippen LogP contribution in [0, 0.1) is 6.92 Å². The molecule has 2 atom stereocenters. The van der Waals surface area contributed by atoms with Crippen LogP contribution in [0.5, 0.6) is 0 Å². The Morgan fingerprint density at radius 1 is 1.33 bits per heavy atom. The molecule has 0 fully saturated rings. The fraction of sp³-hybridized carbons (Fsp3) is 0.600. The zero-order chi connectivity index (χ0) is 16.4. The predicted octanol–water partition coefficient (Wildman–Crippen LogP) is 2.90. The maximum Gasteiger partial charge on any atom is 0.175 e. The molecule has 0 heterocycles. The molecule has 0 saturated heterocycles. The van der Waals surface area contributed by atoms with Crippen LogP contribution in [0.4, 0.5) is 0 Å². The fourth-order valence-electron chi connectivity index (χ4n) is 2.08. The van der Waals surface area contributed by atoms with Crippen molar-refractivity contribution in [2.45, 2.75) is 56.7 Å². The van der Waals surface area contributed by atoms with Gasteiger partial charge in [0.15, 0.2) is 9.84 Å². The molecule has 0 bridgehead atoms. The van der Waals surface area contributed by atoms with E-state index in [1.165, 1.54) is 6.26 Å². The molecule has 1 rings (SSSR count). The molecule has 0 radical (unpaired) electrons. The van der Waals surface area contributed by atoms with Gasteiger partial charge in [0.25, 0.3) is 0 Å². The number of hydrogen-bond donors (Lipinski definition) is 1. The molecule has 0 aromatic heterocycles. The molecule has 0 spiro atoms. The molecule has 120 valence electrons. The summed E-state index contributed by atoms with van der Waals surface area (Å²) in [5, 5.41) is 0. The maximum absolute atomic E-state index is 12.3. The zero-order valence-electron chi connectivity index (χ0n) is 13.6. The fourth-order valence-corrected chi connectivity index (χ4v) is 3.99. The van der Waals surface area contributed by atoms with Crippen LogP contribution in [0.1, 0.15) is 51.3 Å². The van der Waals surface area contributed by atoms with E-state index in [1.807, 2.05) is 33.8 Å². The molecule has 0 aliphatic rings. The van der Waals surface area contributed by atoms with Crippen LogP contribution >= 0.6 is 0 Å². The molecule has 1 aromatic carbocycles. The van der Waals surface area contributed by atoms with Crippen molar-refractivity contribution in [1.29, 1.82) is 0 Å². The van der Waals surface area contributed by atoms with E-state index in [1.54, 1.807) is 19.1 Å². The highest BCUT2D eigenvalue weighted by Crippen LogP contribution is 2.28. The van der Waals surface area contributed by atoms with E-state index in [0.29, 0.717) is 4.90 Å². The second-order valence-corrected chi connectivity index (χ2v) is 10.2. The summed E-state index contributed by atoms with van der Waals surface area (Å²) in [6.07, 6.45) is 1.94. The summed E-state index contributed by atoms with van der Waals surface area (Å²) in [5.74, 6) is 0. The van der Waals surface area contributed by atoms with Gasteiger partial charge in [0, 0.05) is 17.6 Å². The van der Waals surface area contributed by atoms with Gasteiger partial charge in [-0.3, -0.25) is 0 Å². The Morgan fingerprint density at radius 2 is 1.90 bits per heavy atom. The first-order chi connectivity index (χ1) is 9.48. The summed E-state index contributed by atoms with van der Waals surface area (Å²) >= 11 is -1.20. The van der Waals surface area contributed by atoms with E-state index in [9.17, 15) is 13.0 Å². The minimum Gasteiger partial charge on any atom is -0.598 e. The molecular weight excluding hydrogens is 306 g/mol. The number of hydrogen-bond acceptors (Lipinski definition) is 4. The van der Waals surface area contributed by atoms with Gasteiger partial charge in [0.2, 0.25) is 0 Å². The quantitative estimate of drug-likeness (QED) is 0.842. The molecule has 0 saturated carbocycles. The Labute approximate surface area is 131 Å². The topological polar surface area (TPSA) is 69.2 Å². The van der Waals surface area contributed by atoms with Crippen molar-refractivity contribution >= 4 is 21.2 Å². The van der Waals surface area contributed by atoms with Crippen molar-refractivity contribution in [3.63, 3.8) is 0 Å². The largest absolute Gasteiger partial charge is 0.598 e. The standard InChI is InChI=1S/C15H25NO3S2/c1-7-13(16-20(17)15(3,4)5)12-9-8-10-14(11(12)2)21(6,18)19/h8-10,13,16H,7H2,1-6H3/t13-,20?/m1/s1. The Balaban J connectivity index is 3.19. The van der Waals surface area contributed by atoms with Gasteiger partial charge in [-0.05, 0) is 51.3 Å². The Morgan fingerprint density at radius 3 is 2.33 bits per heavy atom. The summed E-state index contributed by atoms with van der Waals surface area (Å²) < 4.78 is 38.7. The molecule has 6 heteroatoms. The molecule has 0 aliphatic carbocycles. The molecule has 1 N–H and O–H groups in total. The first-order valence-corrected chi connectivity index (χ1v) is 10.00. The van der Waals surface area contributed by atoms with Gasteiger partial charge in [0.1, 0.15) is 4.75 Å². The molecule has 1 unspecified atom stereocenters. The van der Waals surface area contributed by atoms with Crippen molar-refractivity contribution in [2.24, 2.45) is 0 Å². The van der Waals surface area contributed by atoms with Gasteiger partial charge in [-0.25, -0.2) is 8.42 Å². The number of sulfone groups is 1. The number of benzene rings is 1. The second kappa shape index (κ2) is 6.69. The van der Waals surface area contributed by atoms with Crippen LogP contribution in [0.15, 0.2) is 23.1 Å². The normalized spacial score (nSPS) is 15.8. The van der Waals surface area contributed by atoms with Gasteiger partial charge >= 0.3 is 0 Å². The number of rotatable bonds is 5. The lowest BCUT2D eigenvalue weighted by atomic mass is 10.0. The molecular formula is C15H25NO3S2. The van der Waals surface area contributed by atoms with Crippen LogP contribution in [0.2, 0.25) is 0 Å². The molecule has 21 heavy (non-hydrogen) atoms. The smallest absolute Gasteiger partial charge is 0.175 e. The van der Waals surface area contributed by atoms with E-state index in [4.69, 9.17) is 0 Å². The van der Waals surface area contributed by atoms with Crippen LogP contribution < -0.4 is 4.72 Å². The zero-order valence-corrected chi connectivity index (χ0v) is 15.2. The third-order valence-corrected chi connectivity index (χ3v) is 6.17. The van der Waals surface area contributed by atoms with E-state index in [0.717, 1.165) is 17.5 Å². The Kier molecular flexibility index (Phi) is 5.89. The molecule has 0 amide bonds. The second-order valence-electron chi connectivity index (χ2n) is 6.20. The Bertz CT molecular complexity index is 591. The lowest BCUT2D eigenvalue weighted by Crippen LogP contribution is -2.41. The van der Waals surface area contributed by atoms with Crippen molar-refractivity contribution in [3.05, 3.63) is 29.3 Å². The molecule has 1 aromatic rings.